The second-order valence-electron chi connectivity index (χ2n) is 5.12. The molecule has 0 atom stereocenters. The zero-order valence-electron chi connectivity index (χ0n) is 11.7. The molecule has 1 aliphatic rings. The molecule has 0 unspecified atom stereocenters. The van der Waals surface area contributed by atoms with Crippen molar-refractivity contribution < 1.29 is 4.79 Å². The summed E-state index contributed by atoms with van der Waals surface area (Å²) < 4.78 is 0. The first-order valence-corrected chi connectivity index (χ1v) is 8.90. The molecule has 0 aromatic carbocycles. The molecule has 0 spiro atoms. The third-order valence-electron chi connectivity index (χ3n) is 3.60. The molecule has 2 N–H and O–H groups in total. The number of nitrogens with zero attached hydrogens (tertiary/aromatic N) is 2. The number of thiazole rings is 2. The molecule has 5 nitrogen and oxygen atoms in total. The van der Waals surface area contributed by atoms with Crippen molar-refractivity contribution >= 4 is 33.7 Å². The normalized spacial score (nSPS) is 16.0. The van der Waals surface area contributed by atoms with Gasteiger partial charge in [0, 0.05) is 22.9 Å². The summed E-state index contributed by atoms with van der Waals surface area (Å²) in [5.74, 6) is 0.596. The van der Waals surface area contributed by atoms with Gasteiger partial charge in [0.05, 0.1) is 11.2 Å². The Hall–Kier alpha value is -1.31. The average molecular weight is 322 g/mol. The summed E-state index contributed by atoms with van der Waals surface area (Å²) in [6.07, 6.45) is 5.35. The highest BCUT2D eigenvalue weighted by atomic mass is 32.1. The van der Waals surface area contributed by atoms with Crippen LogP contribution in [-0.4, -0.2) is 29.0 Å². The van der Waals surface area contributed by atoms with Crippen LogP contribution in [0.1, 0.15) is 35.8 Å². The summed E-state index contributed by atoms with van der Waals surface area (Å²) in [6.45, 7) is 2.13. The van der Waals surface area contributed by atoms with Crippen LogP contribution in [-0.2, 0) is 11.2 Å². The zero-order chi connectivity index (χ0) is 14.5. The molecule has 1 saturated heterocycles. The minimum Gasteiger partial charge on any atom is -0.317 e. The molecule has 0 bridgehead atoms. The highest BCUT2D eigenvalue weighted by Gasteiger charge is 2.18. The molecule has 2 aromatic heterocycles. The van der Waals surface area contributed by atoms with E-state index in [2.05, 4.69) is 20.6 Å². The van der Waals surface area contributed by atoms with Crippen molar-refractivity contribution in [1.29, 1.82) is 0 Å². The van der Waals surface area contributed by atoms with Gasteiger partial charge in [-0.15, -0.1) is 22.7 Å². The summed E-state index contributed by atoms with van der Waals surface area (Å²) in [5, 5.41) is 8.95. The van der Waals surface area contributed by atoms with E-state index in [4.69, 9.17) is 0 Å². The maximum absolute atomic E-state index is 11.9. The molecule has 1 aliphatic heterocycles. The van der Waals surface area contributed by atoms with Crippen LogP contribution in [0.15, 0.2) is 17.1 Å². The molecule has 7 heteroatoms. The second-order valence-corrected chi connectivity index (χ2v) is 6.90. The third-order valence-corrected chi connectivity index (χ3v) is 5.31. The van der Waals surface area contributed by atoms with Crippen molar-refractivity contribution in [2.45, 2.75) is 31.6 Å². The molecule has 0 radical (unpaired) electrons. The number of rotatable bonds is 5. The van der Waals surface area contributed by atoms with Gasteiger partial charge in [0.1, 0.15) is 0 Å². The number of aryl methyl sites for hydroxylation is 1. The quantitative estimate of drug-likeness (QED) is 0.888. The number of nitrogens with one attached hydrogen (secondary N) is 2. The summed E-state index contributed by atoms with van der Waals surface area (Å²) in [5.41, 5.74) is 2.77. The molecule has 0 saturated carbocycles. The molecule has 3 heterocycles. The molecule has 1 fully saturated rings. The molecular weight excluding hydrogens is 304 g/mol. The standard InChI is InChI=1S/C14H18N4OS2/c19-13(2-1-11-8-20-9-17-11)18-14-16-7-12(21-14)10-3-5-15-6-4-10/h7-10,15H,1-6H2,(H,16,18,19). The van der Waals surface area contributed by atoms with Gasteiger partial charge in [0.15, 0.2) is 5.13 Å². The Balaban J connectivity index is 1.50. The third kappa shape index (κ3) is 4.09. The lowest BCUT2D eigenvalue weighted by Gasteiger charge is -2.20. The minimum absolute atomic E-state index is 0.00853. The molecule has 3 rings (SSSR count). The highest BCUT2D eigenvalue weighted by molar-refractivity contribution is 7.15. The number of piperidine rings is 1. The predicted octanol–water partition coefficient (Wildman–Crippen LogP) is 2.64. The first-order chi connectivity index (χ1) is 10.3. The van der Waals surface area contributed by atoms with Gasteiger partial charge in [-0.1, -0.05) is 0 Å². The number of hydrogen-bond donors (Lipinski definition) is 2. The van der Waals surface area contributed by atoms with Gasteiger partial charge in [-0.2, -0.15) is 0 Å². The fraction of sp³-hybridized carbons (Fsp3) is 0.500. The molecular formula is C14H18N4OS2. The van der Waals surface area contributed by atoms with Crippen molar-refractivity contribution in [3.05, 3.63) is 27.7 Å². The Labute approximate surface area is 131 Å². The first-order valence-electron chi connectivity index (χ1n) is 7.14. The van der Waals surface area contributed by atoms with Crippen LogP contribution in [0.4, 0.5) is 5.13 Å². The number of anilines is 1. The molecule has 2 aromatic rings. The molecule has 0 aliphatic carbocycles. The van der Waals surface area contributed by atoms with Gasteiger partial charge in [0.2, 0.25) is 5.91 Å². The van der Waals surface area contributed by atoms with Crippen LogP contribution in [0, 0.1) is 0 Å². The van der Waals surface area contributed by atoms with E-state index in [1.807, 2.05) is 11.6 Å². The topological polar surface area (TPSA) is 66.9 Å². The maximum Gasteiger partial charge on any atom is 0.226 e. The molecule has 1 amide bonds. The maximum atomic E-state index is 11.9. The molecule has 112 valence electrons. The van der Waals surface area contributed by atoms with Crippen LogP contribution >= 0.6 is 22.7 Å². The summed E-state index contributed by atoms with van der Waals surface area (Å²) >= 11 is 3.16. The lowest BCUT2D eigenvalue weighted by molar-refractivity contribution is -0.116. The van der Waals surface area contributed by atoms with E-state index in [0.29, 0.717) is 23.9 Å². The van der Waals surface area contributed by atoms with Crippen LogP contribution in [0.2, 0.25) is 0 Å². The van der Waals surface area contributed by atoms with Gasteiger partial charge in [-0.25, -0.2) is 9.97 Å². The minimum atomic E-state index is 0.00853. The van der Waals surface area contributed by atoms with E-state index < -0.39 is 0 Å². The first kappa shape index (κ1) is 14.6. The van der Waals surface area contributed by atoms with Crippen LogP contribution in [0.3, 0.4) is 0 Å². The Morgan fingerprint density at radius 1 is 1.38 bits per heavy atom. The van der Waals surface area contributed by atoms with E-state index >= 15 is 0 Å². The van der Waals surface area contributed by atoms with Crippen LogP contribution < -0.4 is 10.6 Å². The Morgan fingerprint density at radius 3 is 3.00 bits per heavy atom. The number of hydrogen-bond acceptors (Lipinski definition) is 6. The SMILES string of the molecule is O=C(CCc1cscn1)Nc1ncc(C2CCNCC2)s1. The van der Waals surface area contributed by atoms with E-state index in [0.717, 1.165) is 31.6 Å². The lowest BCUT2D eigenvalue weighted by atomic mass is 9.97. The van der Waals surface area contributed by atoms with E-state index in [9.17, 15) is 4.79 Å². The van der Waals surface area contributed by atoms with E-state index in [-0.39, 0.29) is 5.91 Å². The average Bonchev–Trinajstić information content (AvgIpc) is 3.17. The predicted molar refractivity (Wildman–Crippen MR) is 86.0 cm³/mol. The molecule has 21 heavy (non-hydrogen) atoms. The summed E-state index contributed by atoms with van der Waals surface area (Å²) in [4.78, 5) is 21.7. The smallest absolute Gasteiger partial charge is 0.226 e. The van der Waals surface area contributed by atoms with Crippen molar-refractivity contribution in [3.8, 4) is 0 Å². The van der Waals surface area contributed by atoms with Crippen LogP contribution in [0.25, 0.3) is 0 Å². The van der Waals surface area contributed by atoms with Crippen molar-refractivity contribution in [2.24, 2.45) is 0 Å². The van der Waals surface area contributed by atoms with E-state index in [1.54, 1.807) is 28.2 Å². The van der Waals surface area contributed by atoms with Gasteiger partial charge >= 0.3 is 0 Å². The van der Waals surface area contributed by atoms with Crippen molar-refractivity contribution in [1.82, 2.24) is 15.3 Å². The number of carbonyl (C=O) groups is 1. The van der Waals surface area contributed by atoms with Gasteiger partial charge < -0.3 is 10.6 Å². The summed E-state index contributed by atoms with van der Waals surface area (Å²) in [6, 6.07) is 0. The Morgan fingerprint density at radius 2 is 2.24 bits per heavy atom. The fourth-order valence-corrected chi connectivity index (χ4v) is 4.02. The van der Waals surface area contributed by atoms with Gasteiger partial charge in [0.25, 0.3) is 0 Å². The zero-order valence-corrected chi connectivity index (χ0v) is 13.3. The monoisotopic (exact) mass is 322 g/mol. The second kappa shape index (κ2) is 7.11. The number of carbonyl (C=O) groups excluding carboxylic acids is 1. The number of aromatic nitrogens is 2. The Kier molecular flexibility index (Phi) is 4.95. The highest BCUT2D eigenvalue weighted by Crippen LogP contribution is 2.31. The Bertz CT molecular complexity index is 576. The van der Waals surface area contributed by atoms with Crippen molar-refractivity contribution in [2.75, 3.05) is 18.4 Å². The van der Waals surface area contributed by atoms with E-state index in [1.165, 1.54) is 4.88 Å². The van der Waals surface area contributed by atoms with Gasteiger partial charge in [-0.05, 0) is 38.3 Å². The lowest BCUT2D eigenvalue weighted by Crippen LogP contribution is -2.26. The number of amides is 1. The van der Waals surface area contributed by atoms with Crippen LogP contribution in [0.5, 0.6) is 0 Å². The fourth-order valence-electron chi connectivity index (χ4n) is 2.42. The van der Waals surface area contributed by atoms with Gasteiger partial charge in [-0.3, -0.25) is 4.79 Å². The summed E-state index contributed by atoms with van der Waals surface area (Å²) in [7, 11) is 0. The van der Waals surface area contributed by atoms with Crippen molar-refractivity contribution in [3.63, 3.8) is 0 Å². The largest absolute Gasteiger partial charge is 0.317 e.